The number of carbonyl (C=O) groups is 1. The van der Waals surface area contributed by atoms with Gasteiger partial charge in [0.25, 0.3) is 0 Å². The van der Waals surface area contributed by atoms with Crippen LogP contribution in [-0.2, 0) is 4.79 Å². The number of carbonyl (C=O) groups excluding carboxylic acids is 1. The molecule has 0 aliphatic rings. The maximum atomic E-state index is 12.9. The summed E-state index contributed by atoms with van der Waals surface area (Å²) in [6, 6.07) is 2.28. The first-order chi connectivity index (χ1) is 6.91. The number of alkyl halides is 1. The summed E-state index contributed by atoms with van der Waals surface area (Å²) in [6.07, 6.45) is 0. The Morgan fingerprint density at radius 3 is 2.73 bits per heavy atom. The van der Waals surface area contributed by atoms with Gasteiger partial charge < -0.3 is 11.1 Å². The molecule has 1 aromatic carbocycles. The molecule has 0 radical (unpaired) electrons. The Hall–Kier alpha value is -1.00. The van der Waals surface area contributed by atoms with E-state index >= 15 is 0 Å². The third-order valence-electron chi connectivity index (χ3n) is 1.71. The lowest BCUT2D eigenvalue weighted by molar-refractivity contribution is -0.115. The highest BCUT2D eigenvalue weighted by molar-refractivity contribution is 6.33. The molecule has 1 unspecified atom stereocenters. The standard InChI is InChI=1S/C9H9Cl2FN2O/c1-4(10)9(15)14-8-2-5(11)6(12)3-7(8)13/h2-4H,13H2,1H3,(H,14,15). The smallest absolute Gasteiger partial charge is 0.242 e. The fourth-order valence-corrected chi connectivity index (χ4v) is 1.12. The Kier molecular flexibility index (Phi) is 3.77. The quantitative estimate of drug-likeness (QED) is 0.627. The van der Waals surface area contributed by atoms with Gasteiger partial charge >= 0.3 is 0 Å². The van der Waals surface area contributed by atoms with Crippen molar-refractivity contribution in [3.63, 3.8) is 0 Å². The number of nitrogens with one attached hydrogen (secondary N) is 1. The van der Waals surface area contributed by atoms with E-state index in [1.165, 1.54) is 13.0 Å². The first-order valence-corrected chi connectivity index (χ1v) is 4.92. The van der Waals surface area contributed by atoms with Gasteiger partial charge in [0.05, 0.1) is 16.4 Å². The normalized spacial score (nSPS) is 12.3. The van der Waals surface area contributed by atoms with Gasteiger partial charge in [0, 0.05) is 6.07 Å². The van der Waals surface area contributed by atoms with E-state index in [1.54, 1.807) is 0 Å². The average molecular weight is 251 g/mol. The van der Waals surface area contributed by atoms with Gasteiger partial charge in [-0.25, -0.2) is 4.39 Å². The molecule has 0 aliphatic carbocycles. The topological polar surface area (TPSA) is 55.1 Å². The van der Waals surface area contributed by atoms with E-state index in [-0.39, 0.29) is 16.4 Å². The summed E-state index contributed by atoms with van der Waals surface area (Å²) in [4.78, 5) is 11.2. The molecule has 3 N–H and O–H groups in total. The molecule has 3 nitrogen and oxygen atoms in total. The van der Waals surface area contributed by atoms with Crippen LogP contribution in [0.5, 0.6) is 0 Å². The molecule has 0 saturated carbocycles. The fourth-order valence-electron chi connectivity index (χ4n) is 0.903. The Bertz CT molecular complexity index is 396. The Labute approximate surface area is 96.3 Å². The monoisotopic (exact) mass is 250 g/mol. The predicted octanol–water partition coefficient (Wildman–Crippen LogP) is 2.63. The lowest BCUT2D eigenvalue weighted by atomic mass is 10.2. The number of hydrogen-bond acceptors (Lipinski definition) is 2. The minimum atomic E-state index is -0.701. The van der Waals surface area contributed by atoms with Crippen LogP contribution in [0.15, 0.2) is 12.1 Å². The number of anilines is 2. The first-order valence-electron chi connectivity index (χ1n) is 4.11. The molecule has 0 saturated heterocycles. The number of halogens is 3. The zero-order chi connectivity index (χ0) is 11.6. The number of hydrogen-bond donors (Lipinski definition) is 2. The highest BCUT2D eigenvalue weighted by atomic mass is 35.5. The lowest BCUT2D eigenvalue weighted by Crippen LogP contribution is -2.21. The third-order valence-corrected chi connectivity index (χ3v) is 2.20. The molecule has 0 aromatic heterocycles. The molecule has 1 aromatic rings. The molecule has 82 valence electrons. The van der Waals surface area contributed by atoms with Crippen LogP contribution in [0, 0.1) is 5.82 Å². The summed E-state index contributed by atoms with van der Waals surface area (Å²) in [5, 5.41) is 1.62. The van der Waals surface area contributed by atoms with Gasteiger partial charge in [-0.05, 0) is 13.0 Å². The van der Waals surface area contributed by atoms with Crippen LogP contribution in [-0.4, -0.2) is 11.3 Å². The molecule has 15 heavy (non-hydrogen) atoms. The SMILES string of the molecule is CC(Cl)C(=O)Nc1cc(Cl)c(F)cc1N. The summed E-state index contributed by atoms with van der Waals surface area (Å²) in [6.45, 7) is 1.51. The number of nitrogen functional groups attached to an aromatic ring is 1. The molecule has 0 heterocycles. The zero-order valence-electron chi connectivity index (χ0n) is 7.85. The fraction of sp³-hybridized carbons (Fsp3) is 0.222. The minimum Gasteiger partial charge on any atom is -0.397 e. The average Bonchev–Trinajstić information content (AvgIpc) is 2.13. The van der Waals surface area contributed by atoms with Crippen molar-refractivity contribution < 1.29 is 9.18 Å². The Balaban J connectivity index is 2.96. The van der Waals surface area contributed by atoms with Gasteiger partial charge in [0.1, 0.15) is 11.2 Å². The molecule has 1 amide bonds. The third kappa shape index (κ3) is 2.97. The van der Waals surface area contributed by atoms with Crippen LogP contribution in [0.4, 0.5) is 15.8 Å². The number of nitrogens with two attached hydrogens (primary N) is 1. The largest absolute Gasteiger partial charge is 0.397 e. The second-order valence-electron chi connectivity index (χ2n) is 2.96. The Morgan fingerprint density at radius 1 is 1.60 bits per heavy atom. The molecule has 1 atom stereocenters. The van der Waals surface area contributed by atoms with Crippen LogP contribution in [0.1, 0.15) is 6.92 Å². The molecule has 0 fully saturated rings. The summed E-state index contributed by atoms with van der Waals surface area (Å²) in [5.41, 5.74) is 5.83. The van der Waals surface area contributed by atoms with Crippen molar-refractivity contribution in [2.45, 2.75) is 12.3 Å². The van der Waals surface area contributed by atoms with Crippen LogP contribution >= 0.6 is 23.2 Å². The molecule has 0 spiro atoms. The van der Waals surface area contributed by atoms with Gasteiger partial charge in [-0.3, -0.25) is 4.79 Å². The van der Waals surface area contributed by atoms with Gasteiger partial charge in [-0.15, -0.1) is 11.6 Å². The predicted molar refractivity (Wildman–Crippen MR) is 59.8 cm³/mol. The van der Waals surface area contributed by atoms with Crippen molar-refractivity contribution in [2.75, 3.05) is 11.1 Å². The number of benzene rings is 1. The second kappa shape index (κ2) is 4.68. The summed E-state index contributed by atoms with van der Waals surface area (Å²) < 4.78 is 12.9. The minimum absolute atomic E-state index is 0.0996. The van der Waals surface area contributed by atoms with Gasteiger partial charge in [-0.2, -0.15) is 0 Å². The van der Waals surface area contributed by atoms with Gasteiger partial charge in [0.2, 0.25) is 5.91 Å². The van der Waals surface area contributed by atoms with Crippen molar-refractivity contribution in [3.05, 3.63) is 23.0 Å². The van der Waals surface area contributed by atoms with E-state index in [0.717, 1.165) is 6.07 Å². The highest BCUT2D eigenvalue weighted by Crippen LogP contribution is 2.26. The van der Waals surface area contributed by atoms with Gasteiger partial charge in [-0.1, -0.05) is 11.6 Å². The van der Waals surface area contributed by atoms with E-state index in [9.17, 15) is 9.18 Å². The van der Waals surface area contributed by atoms with E-state index in [4.69, 9.17) is 28.9 Å². The molecular weight excluding hydrogens is 242 g/mol. The van der Waals surface area contributed by atoms with Crippen LogP contribution in [0.3, 0.4) is 0 Å². The van der Waals surface area contributed by atoms with E-state index in [2.05, 4.69) is 5.32 Å². The molecular formula is C9H9Cl2FN2O. The molecule has 0 aliphatic heterocycles. The zero-order valence-corrected chi connectivity index (χ0v) is 9.36. The van der Waals surface area contributed by atoms with E-state index in [1.807, 2.05) is 0 Å². The van der Waals surface area contributed by atoms with Crippen molar-refractivity contribution in [1.82, 2.24) is 0 Å². The molecule has 0 bridgehead atoms. The lowest BCUT2D eigenvalue weighted by Gasteiger charge is -2.09. The van der Waals surface area contributed by atoms with Crippen LogP contribution < -0.4 is 11.1 Å². The maximum Gasteiger partial charge on any atom is 0.242 e. The van der Waals surface area contributed by atoms with Gasteiger partial charge in [0.15, 0.2) is 0 Å². The van der Waals surface area contributed by atoms with Crippen LogP contribution in [0.2, 0.25) is 5.02 Å². The molecule has 1 rings (SSSR count). The van der Waals surface area contributed by atoms with Crippen molar-refractivity contribution in [2.24, 2.45) is 0 Å². The Morgan fingerprint density at radius 2 is 2.20 bits per heavy atom. The van der Waals surface area contributed by atoms with Crippen molar-refractivity contribution in [3.8, 4) is 0 Å². The van der Waals surface area contributed by atoms with Crippen molar-refractivity contribution in [1.29, 1.82) is 0 Å². The molecule has 6 heteroatoms. The summed E-state index contributed by atoms with van der Waals surface area (Å²) >= 11 is 11.1. The van der Waals surface area contributed by atoms with E-state index in [0.29, 0.717) is 0 Å². The summed E-state index contributed by atoms with van der Waals surface area (Å²) in [5.74, 6) is -1.06. The van der Waals surface area contributed by atoms with Crippen LogP contribution in [0.25, 0.3) is 0 Å². The first kappa shape index (κ1) is 12.1. The van der Waals surface area contributed by atoms with E-state index < -0.39 is 17.1 Å². The maximum absolute atomic E-state index is 12.9. The highest BCUT2D eigenvalue weighted by Gasteiger charge is 2.12. The summed E-state index contributed by atoms with van der Waals surface area (Å²) in [7, 11) is 0. The van der Waals surface area contributed by atoms with Crippen molar-refractivity contribution >= 4 is 40.5 Å². The second-order valence-corrected chi connectivity index (χ2v) is 4.02. The number of amides is 1. The number of rotatable bonds is 2.